The second-order valence-electron chi connectivity index (χ2n) is 6.90. The number of ether oxygens (including phenoxy) is 1. The van der Waals surface area contributed by atoms with Gasteiger partial charge in [0.05, 0.1) is 11.3 Å². The van der Waals surface area contributed by atoms with Crippen LogP contribution in [0.1, 0.15) is 28.8 Å². The van der Waals surface area contributed by atoms with Crippen LogP contribution in [0.2, 0.25) is 5.02 Å². The number of benzene rings is 2. The molecule has 0 aromatic heterocycles. The predicted octanol–water partition coefficient (Wildman–Crippen LogP) is 3.04. The number of halogens is 1. The minimum absolute atomic E-state index is 0.0242. The third kappa shape index (κ3) is 6.88. The van der Waals surface area contributed by atoms with Crippen LogP contribution < -0.4 is 5.32 Å². The van der Waals surface area contributed by atoms with E-state index in [1.807, 2.05) is 0 Å². The molecule has 0 spiro atoms. The first kappa shape index (κ1) is 24.5. The molecule has 2 aromatic rings. The Labute approximate surface area is 186 Å². The predicted molar refractivity (Wildman–Crippen MR) is 117 cm³/mol. The molecule has 31 heavy (non-hydrogen) atoms. The third-order valence-corrected chi connectivity index (χ3v) is 6.41. The van der Waals surface area contributed by atoms with E-state index in [1.165, 1.54) is 26.2 Å². The topological polar surface area (TPSA) is 110 Å². The Hall–Kier alpha value is -2.75. The fourth-order valence-corrected chi connectivity index (χ4v) is 3.56. The lowest BCUT2D eigenvalue weighted by Crippen LogP contribution is -2.24. The number of rotatable bonds is 9. The van der Waals surface area contributed by atoms with Gasteiger partial charge >= 0.3 is 5.97 Å². The molecule has 0 radical (unpaired) electrons. The van der Waals surface area contributed by atoms with Gasteiger partial charge in [-0.2, -0.15) is 0 Å². The third-order valence-electron chi connectivity index (χ3n) is 4.35. The molecule has 1 N–H and O–H groups in total. The van der Waals surface area contributed by atoms with Gasteiger partial charge in [-0.3, -0.25) is 14.4 Å². The number of carbonyl (C=O) groups is 3. The summed E-state index contributed by atoms with van der Waals surface area (Å²) in [5, 5.41) is 3.04. The molecule has 1 amide bonds. The second-order valence-corrected chi connectivity index (χ2v) is 9.49. The summed E-state index contributed by atoms with van der Waals surface area (Å²) in [7, 11) is -0.846. The van der Waals surface area contributed by atoms with Crippen LogP contribution in [0, 0.1) is 6.92 Å². The van der Waals surface area contributed by atoms with Crippen molar-refractivity contribution in [1.29, 1.82) is 0 Å². The largest absolute Gasteiger partial charge is 0.456 e. The van der Waals surface area contributed by atoms with Crippen molar-refractivity contribution in [3.05, 3.63) is 58.6 Å². The lowest BCUT2D eigenvalue weighted by atomic mass is 10.1. The highest BCUT2D eigenvalue weighted by Gasteiger charge is 2.19. The lowest BCUT2D eigenvalue weighted by Gasteiger charge is -2.14. The number of anilines is 1. The first-order valence-electron chi connectivity index (χ1n) is 9.28. The molecular formula is C21H23ClN2O6S. The van der Waals surface area contributed by atoms with Crippen molar-refractivity contribution in [3.8, 4) is 0 Å². The van der Waals surface area contributed by atoms with Crippen molar-refractivity contribution in [1.82, 2.24) is 4.31 Å². The highest BCUT2D eigenvalue weighted by Crippen LogP contribution is 2.22. The number of Topliss-reactive ketones (excluding diaryl/α,β-unsaturated/α-hetero) is 1. The minimum atomic E-state index is -3.66. The van der Waals surface area contributed by atoms with Crippen molar-refractivity contribution in [2.75, 3.05) is 26.0 Å². The number of nitrogens with zero attached hydrogens (tertiary/aromatic N) is 1. The molecule has 10 heteroatoms. The van der Waals surface area contributed by atoms with Crippen molar-refractivity contribution in [2.24, 2.45) is 0 Å². The number of esters is 1. The highest BCUT2D eigenvalue weighted by atomic mass is 35.5. The van der Waals surface area contributed by atoms with Crippen molar-refractivity contribution >= 4 is 45.0 Å². The zero-order valence-corrected chi connectivity index (χ0v) is 18.9. The van der Waals surface area contributed by atoms with Gasteiger partial charge in [0.2, 0.25) is 10.0 Å². The Balaban J connectivity index is 1.88. The number of aryl methyl sites for hydroxylation is 1. The number of ketones is 1. The van der Waals surface area contributed by atoms with Crippen LogP contribution in [0.25, 0.3) is 0 Å². The second kappa shape index (κ2) is 10.5. The van der Waals surface area contributed by atoms with Gasteiger partial charge in [0.1, 0.15) is 0 Å². The first-order chi connectivity index (χ1) is 14.5. The Morgan fingerprint density at radius 1 is 1.03 bits per heavy atom. The number of hydrogen-bond donors (Lipinski definition) is 1. The quantitative estimate of drug-likeness (QED) is 0.449. The van der Waals surface area contributed by atoms with Gasteiger partial charge in [0.15, 0.2) is 12.4 Å². The van der Waals surface area contributed by atoms with Crippen molar-refractivity contribution in [2.45, 2.75) is 24.7 Å². The molecule has 0 aliphatic rings. The molecule has 0 saturated heterocycles. The first-order valence-corrected chi connectivity index (χ1v) is 11.1. The van der Waals surface area contributed by atoms with Gasteiger partial charge in [0, 0.05) is 36.8 Å². The molecule has 0 unspecified atom stereocenters. The van der Waals surface area contributed by atoms with E-state index in [0.717, 1.165) is 4.31 Å². The Kier molecular flexibility index (Phi) is 8.32. The van der Waals surface area contributed by atoms with Crippen LogP contribution in [0.4, 0.5) is 5.69 Å². The lowest BCUT2D eigenvalue weighted by molar-refractivity contribution is -0.147. The van der Waals surface area contributed by atoms with Crippen LogP contribution in [-0.2, 0) is 24.3 Å². The normalized spacial score (nSPS) is 11.3. The van der Waals surface area contributed by atoms with Crippen LogP contribution in [0.5, 0.6) is 0 Å². The van der Waals surface area contributed by atoms with Gasteiger partial charge in [-0.25, -0.2) is 12.7 Å². The molecule has 2 rings (SSSR count). The van der Waals surface area contributed by atoms with E-state index in [1.54, 1.807) is 37.3 Å². The van der Waals surface area contributed by atoms with E-state index in [0.29, 0.717) is 21.8 Å². The van der Waals surface area contributed by atoms with Gasteiger partial charge < -0.3 is 10.1 Å². The Bertz CT molecular complexity index is 1080. The van der Waals surface area contributed by atoms with Gasteiger partial charge in [-0.1, -0.05) is 17.7 Å². The van der Waals surface area contributed by atoms with Crippen LogP contribution >= 0.6 is 11.6 Å². The number of sulfonamides is 1. The van der Waals surface area contributed by atoms with Crippen molar-refractivity contribution < 1.29 is 27.5 Å². The fourth-order valence-electron chi connectivity index (χ4n) is 2.51. The van der Waals surface area contributed by atoms with E-state index in [9.17, 15) is 22.8 Å². The minimum Gasteiger partial charge on any atom is -0.456 e. The molecule has 166 valence electrons. The zero-order chi connectivity index (χ0) is 23.2. The molecule has 0 aliphatic carbocycles. The van der Waals surface area contributed by atoms with E-state index >= 15 is 0 Å². The maximum atomic E-state index is 12.3. The van der Waals surface area contributed by atoms with Gasteiger partial charge in [0.25, 0.3) is 5.91 Å². The molecule has 0 bridgehead atoms. The van der Waals surface area contributed by atoms with E-state index < -0.39 is 28.5 Å². The van der Waals surface area contributed by atoms with Crippen LogP contribution in [0.15, 0.2) is 47.4 Å². The smallest absolute Gasteiger partial charge is 0.306 e. The summed E-state index contributed by atoms with van der Waals surface area (Å²) in [6, 6.07) is 10.6. The van der Waals surface area contributed by atoms with Gasteiger partial charge in [-0.15, -0.1) is 0 Å². The maximum Gasteiger partial charge on any atom is 0.306 e. The molecule has 0 saturated carbocycles. The average molecular weight is 467 g/mol. The van der Waals surface area contributed by atoms with Crippen LogP contribution in [-0.4, -0.2) is 51.1 Å². The van der Waals surface area contributed by atoms with Crippen molar-refractivity contribution in [3.63, 3.8) is 0 Å². The Morgan fingerprint density at radius 2 is 1.68 bits per heavy atom. The average Bonchev–Trinajstić information content (AvgIpc) is 2.72. The molecule has 0 aliphatic heterocycles. The summed E-state index contributed by atoms with van der Waals surface area (Å²) in [4.78, 5) is 36.1. The SMILES string of the molecule is Cc1ccc(S(=O)(=O)N(C)C)cc1NC(=O)COC(=O)CCC(=O)c1ccc(Cl)cc1. The summed E-state index contributed by atoms with van der Waals surface area (Å²) < 4.78 is 30.5. The molecule has 8 nitrogen and oxygen atoms in total. The van der Waals surface area contributed by atoms with E-state index in [-0.39, 0.29) is 23.5 Å². The number of hydrogen-bond acceptors (Lipinski definition) is 6. The zero-order valence-electron chi connectivity index (χ0n) is 17.3. The standard InChI is InChI=1S/C21H23ClN2O6S/c1-14-4-9-17(31(28,29)24(2)3)12-18(14)23-20(26)13-30-21(27)11-10-19(25)15-5-7-16(22)8-6-15/h4-9,12H,10-11,13H2,1-3H3,(H,23,26). The number of nitrogens with one attached hydrogen (secondary N) is 1. The maximum absolute atomic E-state index is 12.3. The van der Waals surface area contributed by atoms with E-state index in [2.05, 4.69) is 5.32 Å². The van der Waals surface area contributed by atoms with E-state index in [4.69, 9.17) is 16.3 Å². The summed E-state index contributed by atoms with van der Waals surface area (Å²) in [5.41, 5.74) is 1.37. The van der Waals surface area contributed by atoms with Gasteiger partial charge in [-0.05, 0) is 48.9 Å². The number of carbonyl (C=O) groups excluding carboxylic acids is 3. The van der Waals surface area contributed by atoms with Crippen LogP contribution in [0.3, 0.4) is 0 Å². The summed E-state index contributed by atoms with van der Waals surface area (Å²) in [6.07, 6.45) is -0.240. The molecular weight excluding hydrogens is 444 g/mol. The molecule has 0 heterocycles. The fraction of sp³-hybridized carbons (Fsp3) is 0.286. The monoisotopic (exact) mass is 466 g/mol. The summed E-state index contributed by atoms with van der Waals surface area (Å²) in [6.45, 7) is 1.15. The summed E-state index contributed by atoms with van der Waals surface area (Å²) >= 11 is 5.77. The highest BCUT2D eigenvalue weighted by molar-refractivity contribution is 7.89. The molecule has 0 fully saturated rings. The molecule has 2 aromatic carbocycles. The summed E-state index contributed by atoms with van der Waals surface area (Å²) in [5.74, 6) is -1.56. The Morgan fingerprint density at radius 3 is 2.29 bits per heavy atom. The number of amides is 1. The molecule has 0 atom stereocenters.